The van der Waals surface area contributed by atoms with Crippen molar-refractivity contribution in [2.75, 3.05) is 5.32 Å². The molecule has 6 aromatic rings. The van der Waals surface area contributed by atoms with Crippen LogP contribution < -0.4 is 10.9 Å². The minimum atomic E-state index is -0.941. The van der Waals surface area contributed by atoms with Gasteiger partial charge in [-0.2, -0.15) is 0 Å². The second kappa shape index (κ2) is 11.2. The van der Waals surface area contributed by atoms with Crippen LogP contribution in [-0.4, -0.2) is 30.4 Å². The molecule has 1 N–H and O–H groups in total. The highest BCUT2D eigenvalue weighted by Gasteiger charge is 2.32. The van der Waals surface area contributed by atoms with Gasteiger partial charge in [0.15, 0.2) is 0 Å². The maximum Gasteiger partial charge on any atom is 0.251 e. The molecule has 1 amide bonds. The van der Waals surface area contributed by atoms with Gasteiger partial charge in [0.2, 0.25) is 5.91 Å². The Morgan fingerprint density at radius 3 is 2.41 bits per heavy atom. The van der Waals surface area contributed by atoms with Gasteiger partial charge in [0, 0.05) is 59.6 Å². The number of thiazole rings is 1. The van der Waals surface area contributed by atoms with Crippen molar-refractivity contribution in [1.29, 1.82) is 0 Å². The number of hydrogen-bond donors (Lipinski definition) is 1. The SMILES string of the molecule is Cn1cncc1C(c1ccc2c(c1)c(-c1nc(-c3ccccc3)cs1)cc(=O)n2C)C(Cl)C(=O)Nc1ccccc1. The summed E-state index contributed by atoms with van der Waals surface area (Å²) in [6.07, 6.45) is 3.42. The second-order valence-corrected chi connectivity index (χ2v) is 11.1. The van der Waals surface area contributed by atoms with Crippen LogP contribution in [0.2, 0.25) is 0 Å². The van der Waals surface area contributed by atoms with E-state index in [4.69, 9.17) is 16.6 Å². The summed E-state index contributed by atoms with van der Waals surface area (Å²) in [7, 11) is 3.63. The number of fused-ring (bicyclic) bond motifs is 1. The Morgan fingerprint density at radius 1 is 0.976 bits per heavy atom. The maximum atomic E-state index is 13.4. The van der Waals surface area contributed by atoms with Crippen molar-refractivity contribution in [3.8, 4) is 21.8 Å². The minimum absolute atomic E-state index is 0.127. The van der Waals surface area contributed by atoms with Gasteiger partial charge in [-0.05, 0) is 29.8 Å². The van der Waals surface area contributed by atoms with Gasteiger partial charge in [-0.1, -0.05) is 54.6 Å². The van der Waals surface area contributed by atoms with Crippen LogP contribution in [0.15, 0.2) is 108 Å². The van der Waals surface area contributed by atoms with Gasteiger partial charge in [0.05, 0.1) is 23.5 Å². The number of imidazole rings is 1. The van der Waals surface area contributed by atoms with Crippen LogP contribution in [0.5, 0.6) is 0 Å². The van der Waals surface area contributed by atoms with Crippen molar-refractivity contribution in [3.05, 3.63) is 124 Å². The fraction of sp³-hybridized carbons (Fsp3) is 0.125. The van der Waals surface area contributed by atoms with Gasteiger partial charge in [0.25, 0.3) is 5.56 Å². The van der Waals surface area contributed by atoms with Crippen molar-refractivity contribution < 1.29 is 4.79 Å². The Morgan fingerprint density at radius 2 is 1.71 bits per heavy atom. The Labute approximate surface area is 245 Å². The second-order valence-electron chi connectivity index (χ2n) is 9.80. The molecule has 9 heteroatoms. The van der Waals surface area contributed by atoms with Crippen LogP contribution in [0.25, 0.3) is 32.7 Å². The highest BCUT2D eigenvalue weighted by atomic mass is 35.5. The number of hydrogen-bond acceptors (Lipinski definition) is 5. The zero-order chi connectivity index (χ0) is 28.5. The number of aryl methyl sites for hydroxylation is 2. The van der Waals surface area contributed by atoms with Crippen molar-refractivity contribution >= 4 is 45.4 Å². The van der Waals surface area contributed by atoms with Crippen molar-refractivity contribution in [3.63, 3.8) is 0 Å². The number of rotatable bonds is 7. The molecule has 2 atom stereocenters. The average Bonchev–Trinajstić information content (AvgIpc) is 3.66. The summed E-state index contributed by atoms with van der Waals surface area (Å²) in [6, 6.07) is 26.6. The molecule has 41 heavy (non-hydrogen) atoms. The van der Waals surface area contributed by atoms with E-state index in [0.29, 0.717) is 5.69 Å². The number of carbonyl (C=O) groups excluding carboxylic acids is 1. The van der Waals surface area contributed by atoms with Crippen LogP contribution in [0.3, 0.4) is 0 Å². The van der Waals surface area contributed by atoms with Crippen molar-refractivity contribution in [2.24, 2.45) is 14.1 Å². The number of carbonyl (C=O) groups is 1. The van der Waals surface area contributed by atoms with E-state index in [0.717, 1.165) is 44.0 Å². The van der Waals surface area contributed by atoms with E-state index in [1.807, 2.05) is 95.9 Å². The summed E-state index contributed by atoms with van der Waals surface area (Å²) in [5, 5.41) is 5.57. The lowest BCUT2D eigenvalue weighted by Crippen LogP contribution is -2.30. The lowest BCUT2D eigenvalue weighted by Gasteiger charge is -2.24. The fourth-order valence-electron chi connectivity index (χ4n) is 5.03. The number of pyridine rings is 1. The fourth-order valence-corrected chi connectivity index (χ4v) is 6.22. The van der Waals surface area contributed by atoms with E-state index in [-0.39, 0.29) is 11.5 Å². The first-order chi connectivity index (χ1) is 19.9. The zero-order valence-electron chi connectivity index (χ0n) is 22.4. The predicted molar refractivity (Wildman–Crippen MR) is 165 cm³/mol. The summed E-state index contributed by atoms with van der Waals surface area (Å²) < 4.78 is 3.49. The Hall–Kier alpha value is -4.53. The first-order valence-electron chi connectivity index (χ1n) is 13.0. The topological polar surface area (TPSA) is 81.8 Å². The van der Waals surface area contributed by atoms with E-state index < -0.39 is 11.3 Å². The van der Waals surface area contributed by atoms with Gasteiger partial charge in [0.1, 0.15) is 10.4 Å². The molecule has 2 unspecified atom stereocenters. The lowest BCUT2D eigenvalue weighted by atomic mass is 9.90. The number of amides is 1. The first-order valence-corrected chi connectivity index (χ1v) is 14.3. The van der Waals surface area contributed by atoms with E-state index in [2.05, 4.69) is 10.3 Å². The summed E-state index contributed by atoms with van der Waals surface area (Å²) in [5.74, 6) is -0.837. The number of halogens is 1. The molecule has 0 aliphatic rings. The molecule has 7 nitrogen and oxygen atoms in total. The van der Waals surface area contributed by atoms with Crippen molar-refractivity contribution in [1.82, 2.24) is 19.1 Å². The van der Waals surface area contributed by atoms with E-state index in [1.165, 1.54) is 11.3 Å². The molecule has 3 aromatic heterocycles. The Kier molecular flexibility index (Phi) is 7.26. The zero-order valence-corrected chi connectivity index (χ0v) is 23.9. The number of benzene rings is 3. The van der Waals surface area contributed by atoms with Gasteiger partial charge in [-0.25, -0.2) is 9.97 Å². The number of nitrogens with zero attached hydrogens (tertiary/aromatic N) is 4. The lowest BCUT2D eigenvalue weighted by molar-refractivity contribution is -0.116. The van der Waals surface area contributed by atoms with Gasteiger partial charge in [-0.3, -0.25) is 9.59 Å². The average molecular weight is 580 g/mol. The molecular formula is C32H26ClN5O2S. The molecule has 0 bridgehead atoms. The van der Waals surface area contributed by atoms with E-state index >= 15 is 0 Å². The van der Waals surface area contributed by atoms with Crippen LogP contribution >= 0.6 is 22.9 Å². The van der Waals surface area contributed by atoms with E-state index in [9.17, 15) is 9.59 Å². The third-order valence-electron chi connectivity index (χ3n) is 7.19. The third-order valence-corrected chi connectivity index (χ3v) is 8.52. The van der Waals surface area contributed by atoms with Crippen LogP contribution in [0.4, 0.5) is 5.69 Å². The highest BCUT2D eigenvalue weighted by Crippen LogP contribution is 2.37. The number of nitrogens with one attached hydrogen (secondary N) is 1. The molecule has 3 aromatic carbocycles. The Balaban J connectivity index is 1.47. The summed E-state index contributed by atoms with van der Waals surface area (Å²) >= 11 is 8.45. The van der Waals surface area contributed by atoms with Crippen LogP contribution in [0, 0.1) is 0 Å². The first kappa shape index (κ1) is 26.7. The van der Waals surface area contributed by atoms with E-state index in [1.54, 1.807) is 30.2 Å². The van der Waals surface area contributed by atoms with Gasteiger partial charge < -0.3 is 14.5 Å². The van der Waals surface area contributed by atoms with Crippen LogP contribution in [0.1, 0.15) is 17.2 Å². The molecule has 0 fully saturated rings. The molecular weight excluding hydrogens is 554 g/mol. The van der Waals surface area contributed by atoms with Crippen LogP contribution in [-0.2, 0) is 18.9 Å². The monoisotopic (exact) mass is 579 g/mol. The smallest absolute Gasteiger partial charge is 0.251 e. The summed E-state index contributed by atoms with van der Waals surface area (Å²) in [6.45, 7) is 0. The number of alkyl halides is 1. The largest absolute Gasteiger partial charge is 0.337 e. The minimum Gasteiger partial charge on any atom is -0.337 e. The maximum absolute atomic E-state index is 13.4. The summed E-state index contributed by atoms with van der Waals surface area (Å²) in [5.41, 5.74) is 5.51. The Bertz CT molecular complexity index is 1910. The molecule has 3 heterocycles. The van der Waals surface area contributed by atoms with Gasteiger partial charge >= 0.3 is 0 Å². The molecule has 0 aliphatic heterocycles. The molecule has 6 rings (SSSR count). The van der Waals surface area contributed by atoms with Crippen molar-refractivity contribution in [2.45, 2.75) is 11.3 Å². The quantitative estimate of drug-likeness (QED) is 0.221. The standard InChI is InChI=1S/C32H26ClN5O2S/c1-37-19-34-17-27(37)29(30(33)31(40)35-22-11-7-4-8-12-22)21-13-14-26-23(15-21)24(16-28(39)38(26)2)32-36-25(18-41-32)20-9-5-3-6-10-20/h3-19,29-30H,1-2H3,(H,35,40). The predicted octanol–water partition coefficient (Wildman–Crippen LogP) is 6.44. The number of aromatic nitrogens is 4. The normalized spacial score (nSPS) is 12.8. The number of anilines is 1. The number of para-hydroxylation sites is 1. The third kappa shape index (κ3) is 5.19. The molecule has 0 saturated carbocycles. The molecule has 0 aliphatic carbocycles. The van der Waals surface area contributed by atoms with Gasteiger partial charge in [-0.15, -0.1) is 22.9 Å². The summed E-state index contributed by atoms with van der Waals surface area (Å²) in [4.78, 5) is 35.6. The highest BCUT2D eigenvalue weighted by molar-refractivity contribution is 7.13. The molecule has 204 valence electrons. The molecule has 0 saturated heterocycles. The molecule has 0 spiro atoms. The molecule has 0 radical (unpaired) electrons.